The van der Waals surface area contributed by atoms with Gasteiger partial charge >= 0.3 is 0 Å². The summed E-state index contributed by atoms with van der Waals surface area (Å²) in [5.41, 5.74) is 0.282. The Morgan fingerprint density at radius 1 is 1.07 bits per heavy atom. The van der Waals surface area contributed by atoms with Crippen LogP contribution in [0, 0.1) is 0 Å². The van der Waals surface area contributed by atoms with Gasteiger partial charge in [0.25, 0.3) is 5.91 Å². The molecule has 2 aliphatic heterocycles. The first kappa shape index (κ1) is 20.8. The van der Waals surface area contributed by atoms with Gasteiger partial charge in [0.1, 0.15) is 11.4 Å². The molecule has 0 N–H and O–H groups in total. The number of methoxy groups -OCH3 is 2. The van der Waals surface area contributed by atoms with Crippen LogP contribution >= 0.6 is 23.2 Å². The van der Waals surface area contributed by atoms with Gasteiger partial charge in [0.2, 0.25) is 0 Å². The summed E-state index contributed by atoms with van der Waals surface area (Å²) in [6, 6.07) is 8.27. The molecule has 0 unspecified atom stereocenters. The van der Waals surface area contributed by atoms with E-state index in [1.165, 1.54) is 7.11 Å². The summed E-state index contributed by atoms with van der Waals surface area (Å²) >= 11 is 12.3. The number of rotatable bonds is 3. The molecular weight excluding hydrogens is 429 g/mol. The van der Waals surface area contributed by atoms with E-state index in [1.807, 2.05) is 0 Å². The van der Waals surface area contributed by atoms with E-state index in [-0.39, 0.29) is 18.1 Å². The van der Waals surface area contributed by atoms with Crippen molar-refractivity contribution in [1.29, 1.82) is 0 Å². The van der Waals surface area contributed by atoms with Gasteiger partial charge in [-0.25, -0.2) is 0 Å². The third kappa shape index (κ3) is 3.70. The lowest BCUT2D eigenvalue weighted by atomic mass is 9.82. The molecule has 1 spiro atoms. The SMILES string of the molecule is COc1ccc(C(=O)N2CCC3(CC2)CC(=O)c2cc(Cl)cc(Cl)c2O3)cc1OC. The summed E-state index contributed by atoms with van der Waals surface area (Å²) in [6.45, 7) is 0.946. The Morgan fingerprint density at radius 3 is 2.43 bits per heavy atom. The van der Waals surface area contributed by atoms with Crippen molar-refractivity contribution in [2.24, 2.45) is 0 Å². The maximum atomic E-state index is 13.0. The molecule has 2 aromatic carbocycles. The number of piperidine rings is 1. The summed E-state index contributed by atoms with van der Waals surface area (Å²) in [5.74, 6) is 1.31. The lowest BCUT2D eigenvalue weighted by Crippen LogP contribution is -2.52. The van der Waals surface area contributed by atoms with Gasteiger partial charge in [-0.2, -0.15) is 0 Å². The number of ketones is 1. The molecule has 30 heavy (non-hydrogen) atoms. The highest BCUT2D eigenvalue weighted by molar-refractivity contribution is 6.36. The van der Waals surface area contributed by atoms with E-state index < -0.39 is 5.60 Å². The fraction of sp³-hybridized carbons (Fsp3) is 0.364. The van der Waals surface area contributed by atoms with Gasteiger partial charge in [-0.05, 0) is 30.3 Å². The van der Waals surface area contributed by atoms with Crippen LogP contribution in [0.5, 0.6) is 17.2 Å². The molecule has 2 aromatic rings. The first-order valence-corrected chi connectivity index (χ1v) is 10.3. The predicted molar refractivity (Wildman–Crippen MR) is 113 cm³/mol. The van der Waals surface area contributed by atoms with Crippen molar-refractivity contribution in [1.82, 2.24) is 4.90 Å². The van der Waals surface area contributed by atoms with Gasteiger partial charge in [0.05, 0.1) is 31.2 Å². The Labute approximate surface area is 184 Å². The van der Waals surface area contributed by atoms with E-state index in [0.717, 1.165) is 0 Å². The van der Waals surface area contributed by atoms with Crippen molar-refractivity contribution in [3.8, 4) is 17.2 Å². The zero-order valence-electron chi connectivity index (χ0n) is 16.7. The maximum Gasteiger partial charge on any atom is 0.253 e. The number of ether oxygens (including phenoxy) is 3. The molecule has 1 fully saturated rings. The van der Waals surface area contributed by atoms with Gasteiger partial charge < -0.3 is 19.1 Å². The molecule has 2 heterocycles. The molecule has 1 amide bonds. The second kappa shape index (κ2) is 8.00. The van der Waals surface area contributed by atoms with Crippen LogP contribution in [0.4, 0.5) is 0 Å². The van der Waals surface area contributed by atoms with Crippen molar-refractivity contribution in [3.63, 3.8) is 0 Å². The summed E-state index contributed by atoms with van der Waals surface area (Å²) in [7, 11) is 3.08. The summed E-state index contributed by atoms with van der Waals surface area (Å²) < 4.78 is 16.8. The average Bonchev–Trinajstić information content (AvgIpc) is 2.74. The number of benzene rings is 2. The predicted octanol–water partition coefficient (Wildman–Crippen LogP) is 4.65. The third-order valence-electron chi connectivity index (χ3n) is 5.70. The molecule has 0 radical (unpaired) electrons. The second-order valence-corrected chi connectivity index (χ2v) is 8.35. The minimum Gasteiger partial charge on any atom is -0.493 e. The highest BCUT2D eigenvalue weighted by atomic mass is 35.5. The van der Waals surface area contributed by atoms with Crippen molar-refractivity contribution >= 4 is 34.9 Å². The van der Waals surface area contributed by atoms with Gasteiger partial charge in [-0.1, -0.05) is 23.2 Å². The van der Waals surface area contributed by atoms with E-state index in [0.29, 0.717) is 64.4 Å². The summed E-state index contributed by atoms with van der Waals surface area (Å²) in [4.78, 5) is 27.5. The van der Waals surface area contributed by atoms with Crippen LogP contribution in [0.1, 0.15) is 40.0 Å². The largest absolute Gasteiger partial charge is 0.493 e. The first-order chi connectivity index (χ1) is 14.4. The molecule has 0 bridgehead atoms. The van der Waals surface area contributed by atoms with E-state index in [9.17, 15) is 9.59 Å². The number of amides is 1. The number of carbonyl (C=O) groups excluding carboxylic acids is 2. The number of hydrogen-bond acceptors (Lipinski definition) is 5. The number of carbonyl (C=O) groups is 2. The van der Waals surface area contributed by atoms with Crippen LogP contribution in [0.15, 0.2) is 30.3 Å². The Morgan fingerprint density at radius 2 is 1.77 bits per heavy atom. The van der Waals surface area contributed by atoms with Crippen LogP contribution in [0.25, 0.3) is 0 Å². The van der Waals surface area contributed by atoms with Crippen LogP contribution in [0.3, 0.4) is 0 Å². The standard InChI is InChI=1S/C22H21Cl2NO5/c1-28-18-4-3-13(9-19(18)29-2)21(27)25-7-5-22(6-8-25)12-17(26)15-10-14(23)11-16(24)20(15)30-22/h3-4,9-11H,5-8,12H2,1-2H3. The minimum absolute atomic E-state index is 0.0414. The van der Waals surface area contributed by atoms with Crippen molar-refractivity contribution in [2.45, 2.75) is 24.9 Å². The van der Waals surface area contributed by atoms with Crippen LogP contribution in [-0.4, -0.2) is 49.5 Å². The van der Waals surface area contributed by atoms with Crippen LogP contribution in [0.2, 0.25) is 10.0 Å². The number of hydrogen-bond donors (Lipinski definition) is 0. The number of halogens is 2. The summed E-state index contributed by atoms with van der Waals surface area (Å²) in [6.07, 6.45) is 1.32. The van der Waals surface area contributed by atoms with Crippen molar-refractivity contribution in [3.05, 3.63) is 51.5 Å². The molecular formula is C22H21Cl2NO5. The van der Waals surface area contributed by atoms with Crippen LogP contribution < -0.4 is 14.2 Å². The Kier molecular flexibility index (Phi) is 5.55. The highest BCUT2D eigenvalue weighted by Gasteiger charge is 2.44. The smallest absolute Gasteiger partial charge is 0.253 e. The van der Waals surface area contributed by atoms with Gasteiger partial charge in [-0.15, -0.1) is 0 Å². The van der Waals surface area contributed by atoms with Crippen molar-refractivity contribution < 1.29 is 23.8 Å². The van der Waals surface area contributed by atoms with Crippen molar-refractivity contribution in [2.75, 3.05) is 27.3 Å². The Bertz CT molecular complexity index is 1010. The molecule has 0 atom stereocenters. The number of likely N-dealkylation sites (tertiary alicyclic amines) is 1. The molecule has 0 saturated carbocycles. The Hall–Kier alpha value is -2.44. The third-order valence-corrected chi connectivity index (χ3v) is 6.20. The molecule has 2 aliphatic rings. The van der Waals surface area contributed by atoms with Crippen LogP contribution in [-0.2, 0) is 0 Å². The monoisotopic (exact) mass is 449 g/mol. The van der Waals surface area contributed by atoms with E-state index >= 15 is 0 Å². The molecule has 8 heteroatoms. The fourth-order valence-corrected chi connectivity index (χ4v) is 4.59. The zero-order valence-corrected chi connectivity index (χ0v) is 18.2. The van der Waals surface area contributed by atoms with E-state index in [1.54, 1.807) is 42.3 Å². The number of Topliss-reactive ketones (excluding diaryl/α,β-unsaturated/α-hetero) is 1. The molecule has 158 valence electrons. The maximum absolute atomic E-state index is 13.0. The Balaban J connectivity index is 1.50. The molecule has 4 rings (SSSR count). The number of nitrogens with zero attached hydrogens (tertiary/aromatic N) is 1. The van der Waals surface area contributed by atoms with Gasteiger partial charge in [-0.3, -0.25) is 9.59 Å². The quantitative estimate of drug-likeness (QED) is 0.681. The van der Waals surface area contributed by atoms with Gasteiger partial charge in [0.15, 0.2) is 17.3 Å². The second-order valence-electron chi connectivity index (χ2n) is 7.51. The first-order valence-electron chi connectivity index (χ1n) is 9.58. The number of fused-ring (bicyclic) bond motifs is 1. The lowest BCUT2D eigenvalue weighted by Gasteiger charge is -2.44. The zero-order chi connectivity index (χ0) is 21.5. The highest BCUT2D eigenvalue weighted by Crippen LogP contribution is 2.44. The van der Waals surface area contributed by atoms with E-state index in [4.69, 9.17) is 37.4 Å². The molecule has 0 aromatic heterocycles. The molecule has 1 saturated heterocycles. The van der Waals surface area contributed by atoms with Gasteiger partial charge in [0, 0.05) is 36.5 Å². The average molecular weight is 450 g/mol. The normalized spacial score (nSPS) is 17.3. The molecule has 6 nitrogen and oxygen atoms in total. The lowest BCUT2D eigenvalue weighted by molar-refractivity contribution is -0.00565. The van der Waals surface area contributed by atoms with E-state index in [2.05, 4.69) is 0 Å². The minimum atomic E-state index is -0.657. The summed E-state index contributed by atoms with van der Waals surface area (Å²) in [5, 5.41) is 0.732. The molecule has 0 aliphatic carbocycles. The fourth-order valence-electron chi connectivity index (χ4n) is 4.06. The topological polar surface area (TPSA) is 65.1 Å².